The molecule has 0 spiro atoms. The fraction of sp³-hybridized carbons (Fsp3) is 0.333. The van der Waals surface area contributed by atoms with Crippen LogP contribution in [-0.4, -0.2) is 104 Å². The van der Waals surface area contributed by atoms with E-state index in [4.69, 9.17) is 26.1 Å². The van der Waals surface area contributed by atoms with Crippen molar-refractivity contribution in [3.8, 4) is 34.0 Å². The Morgan fingerprint density at radius 3 is 1.91 bits per heavy atom. The van der Waals surface area contributed by atoms with Crippen molar-refractivity contribution in [3.05, 3.63) is 77.8 Å². The van der Waals surface area contributed by atoms with E-state index in [9.17, 15) is 4.79 Å². The van der Waals surface area contributed by atoms with Gasteiger partial charge in [0.25, 0.3) is 0 Å². The summed E-state index contributed by atoms with van der Waals surface area (Å²) in [5.74, 6) is 2.25. The van der Waals surface area contributed by atoms with E-state index >= 15 is 0 Å². The van der Waals surface area contributed by atoms with E-state index in [0.29, 0.717) is 44.4 Å². The number of anilines is 2. The molecule has 6 rings (SSSR count). The summed E-state index contributed by atoms with van der Waals surface area (Å²) in [4.78, 5) is 26.8. The molecule has 0 saturated carbocycles. The Morgan fingerprint density at radius 2 is 1.32 bits per heavy atom. The van der Waals surface area contributed by atoms with Gasteiger partial charge in [-0.25, -0.2) is 4.98 Å². The van der Waals surface area contributed by atoms with Crippen molar-refractivity contribution >= 4 is 29.1 Å². The Kier molecular flexibility index (Phi) is 9.09. The van der Waals surface area contributed by atoms with Crippen molar-refractivity contribution in [2.45, 2.75) is 0 Å². The van der Waals surface area contributed by atoms with Gasteiger partial charge in [0.2, 0.25) is 11.9 Å². The van der Waals surface area contributed by atoms with Gasteiger partial charge in [0, 0.05) is 74.2 Å². The molecule has 2 aliphatic heterocycles. The van der Waals surface area contributed by atoms with Crippen LogP contribution in [0.3, 0.4) is 0 Å². The molecule has 2 aliphatic rings. The predicted octanol–water partition coefficient (Wildman–Crippen LogP) is 4.35. The quantitative estimate of drug-likeness (QED) is 0.288. The average molecular weight is 614 g/mol. The van der Waals surface area contributed by atoms with Crippen molar-refractivity contribution in [3.63, 3.8) is 0 Å². The summed E-state index contributed by atoms with van der Waals surface area (Å²) < 4.78 is 10.7. The molecule has 3 aromatic carbocycles. The number of aromatic nitrogens is 3. The summed E-state index contributed by atoms with van der Waals surface area (Å²) >= 11 is 6.17. The second-order valence-electron chi connectivity index (χ2n) is 10.9. The van der Waals surface area contributed by atoms with E-state index in [-0.39, 0.29) is 5.91 Å². The standard InChI is InChI=1S/C33H36ClN7O3/c1-43-28-10-6-24(7-11-28)31-32(25-8-12-29(44-2)13-9-25)36-37-33(35-31)41-20-18-40(19-21-41)30(42)23-38-14-16-39(17-15-38)27-5-3-4-26(34)22-27/h3-13,22H,14-21,23H2,1-2H3. The van der Waals surface area contributed by atoms with Crippen LogP contribution in [0.5, 0.6) is 11.5 Å². The Hall–Kier alpha value is -4.41. The molecule has 3 heterocycles. The Labute approximate surface area is 262 Å². The molecule has 0 unspecified atom stereocenters. The zero-order valence-electron chi connectivity index (χ0n) is 25.0. The summed E-state index contributed by atoms with van der Waals surface area (Å²) in [5.41, 5.74) is 4.36. The van der Waals surface area contributed by atoms with Crippen LogP contribution < -0.4 is 19.3 Å². The van der Waals surface area contributed by atoms with E-state index in [1.54, 1.807) is 14.2 Å². The van der Waals surface area contributed by atoms with Gasteiger partial charge in [0.15, 0.2) is 0 Å². The fourth-order valence-corrected chi connectivity index (χ4v) is 5.81. The number of rotatable bonds is 8. The van der Waals surface area contributed by atoms with Gasteiger partial charge in [-0.2, -0.15) is 0 Å². The molecule has 0 radical (unpaired) electrons. The minimum absolute atomic E-state index is 0.161. The van der Waals surface area contributed by atoms with Crippen LogP contribution in [0.4, 0.5) is 11.6 Å². The van der Waals surface area contributed by atoms with Crippen molar-refractivity contribution < 1.29 is 14.3 Å². The summed E-state index contributed by atoms with van der Waals surface area (Å²) in [7, 11) is 3.29. The highest BCUT2D eigenvalue weighted by Gasteiger charge is 2.27. The largest absolute Gasteiger partial charge is 0.497 e. The average Bonchev–Trinajstić information content (AvgIpc) is 3.08. The number of carbonyl (C=O) groups excluding carboxylic acids is 1. The summed E-state index contributed by atoms with van der Waals surface area (Å²) in [6.07, 6.45) is 0. The highest BCUT2D eigenvalue weighted by atomic mass is 35.5. The number of halogens is 1. The number of carbonyl (C=O) groups is 1. The normalized spacial score (nSPS) is 15.8. The number of nitrogens with zero attached hydrogens (tertiary/aromatic N) is 7. The molecule has 228 valence electrons. The Bertz CT molecular complexity index is 1570. The molecule has 11 heteroatoms. The number of piperazine rings is 2. The lowest BCUT2D eigenvalue weighted by Gasteiger charge is -2.38. The molecule has 0 aliphatic carbocycles. The SMILES string of the molecule is COc1ccc(-c2nnc(N3CCN(C(=O)CN4CCN(c5cccc(Cl)c5)CC4)CC3)nc2-c2ccc(OC)cc2)cc1. The van der Waals surface area contributed by atoms with Crippen LogP contribution in [0.1, 0.15) is 0 Å². The van der Waals surface area contributed by atoms with Gasteiger partial charge in [-0.1, -0.05) is 17.7 Å². The lowest BCUT2D eigenvalue weighted by atomic mass is 10.0. The molecule has 4 aromatic rings. The second-order valence-corrected chi connectivity index (χ2v) is 11.3. The number of ether oxygens (including phenoxy) is 2. The van der Waals surface area contributed by atoms with E-state index in [1.165, 1.54) is 0 Å². The lowest BCUT2D eigenvalue weighted by molar-refractivity contribution is -0.132. The van der Waals surface area contributed by atoms with Crippen molar-refractivity contribution in [2.24, 2.45) is 0 Å². The van der Waals surface area contributed by atoms with Crippen molar-refractivity contribution in [2.75, 3.05) is 82.9 Å². The first kappa shape index (κ1) is 29.7. The molecule has 2 fully saturated rings. The number of hydrogen-bond donors (Lipinski definition) is 0. The van der Waals surface area contributed by atoms with E-state index in [0.717, 1.165) is 65.2 Å². The monoisotopic (exact) mass is 613 g/mol. The molecular weight excluding hydrogens is 578 g/mol. The Balaban J connectivity index is 1.10. The smallest absolute Gasteiger partial charge is 0.246 e. The minimum Gasteiger partial charge on any atom is -0.497 e. The van der Waals surface area contributed by atoms with Gasteiger partial charge in [0.1, 0.15) is 22.9 Å². The van der Waals surface area contributed by atoms with Crippen LogP contribution in [-0.2, 0) is 4.79 Å². The number of amides is 1. The maximum atomic E-state index is 13.2. The molecule has 0 bridgehead atoms. The fourth-order valence-electron chi connectivity index (χ4n) is 5.63. The van der Waals surface area contributed by atoms with Crippen LogP contribution in [0.15, 0.2) is 72.8 Å². The van der Waals surface area contributed by atoms with E-state index < -0.39 is 0 Å². The van der Waals surface area contributed by atoms with Crippen molar-refractivity contribution in [1.82, 2.24) is 25.0 Å². The van der Waals surface area contributed by atoms with Crippen LogP contribution in [0, 0.1) is 0 Å². The number of benzene rings is 3. The van der Waals surface area contributed by atoms with Gasteiger partial charge >= 0.3 is 0 Å². The molecule has 44 heavy (non-hydrogen) atoms. The summed E-state index contributed by atoms with van der Waals surface area (Å²) in [6, 6.07) is 23.4. The van der Waals surface area contributed by atoms with Crippen LogP contribution in [0.25, 0.3) is 22.5 Å². The second kappa shape index (κ2) is 13.5. The molecule has 0 atom stereocenters. The van der Waals surface area contributed by atoms with E-state index in [2.05, 4.69) is 31.0 Å². The third-order valence-electron chi connectivity index (χ3n) is 8.22. The first-order valence-corrected chi connectivity index (χ1v) is 15.2. The maximum absolute atomic E-state index is 13.2. The molecule has 1 amide bonds. The summed E-state index contributed by atoms with van der Waals surface area (Å²) in [6.45, 7) is 6.35. The van der Waals surface area contributed by atoms with Crippen molar-refractivity contribution in [1.29, 1.82) is 0 Å². The first-order valence-electron chi connectivity index (χ1n) is 14.8. The first-order chi connectivity index (χ1) is 21.5. The Morgan fingerprint density at radius 1 is 0.727 bits per heavy atom. The van der Waals surface area contributed by atoms with Gasteiger partial charge in [0.05, 0.1) is 20.8 Å². The predicted molar refractivity (Wildman–Crippen MR) is 173 cm³/mol. The topological polar surface area (TPSA) is 87.2 Å². The number of methoxy groups -OCH3 is 2. The zero-order valence-corrected chi connectivity index (χ0v) is 25.8. The van der Waals surface area contributed by atoms with Gasteiger partial charge in [-0.05, 0) is 66.7 Å². The lowest BCUT2D eigenvalue weighted by Crippen LogP contribution is -2.54. The summed E-state index contributed by atoms with van der Waals surface area (Å²) in [5, 5.41) is 9.91. The number of hydrogen-bond acceptors (Lipinski definition) is 9. The third-order valence-corrected chi connectivity index (χ3v) is 8.46. The maximum Gasteiger partial charge on any atom is 0.246 e. The molecule has 2 saturated heterocycles. The van der Waals surface area contributed by atoms with Gasteiger partial charge in [-0.3, -0.25) is 9.69 Å². The molecule has 0 N–H and O–H groups in total. The zero-order chi connectivity index (χ0) is 30.5. The van der Waals surface area contributed by atoms with Gasteiger partial charge in [-0.15, -0.1) is 10.2 Å². The molecule has 1 aromatic heterocycles. The van der Waals surface area contributed by atoms with Crippen LogP contribution >= 0.6 is 11.6 Å². The van der Waals surface area contributed by atoms with E-state index in [1.807, 2.05) is 71.6 Å². The highest BCUT2D eigenvalue weighted by molar-refractivity contribution is 6.30. The minimum atomic E-state index is 0.161. The van der Waals surface area contributed by atoms with Crippen LogP contribution in [0.2, 0.25) is 5.02 Å². The molecular formula is C33H36ClN7O3. The molecule has 10 nitrogen and oxygen atoms in total. The highest BCUT2D eigenvalue weighted by Crippen LogP contribution is 2.32. The third kappa shape index (κ3) is 6.71. The van der Waals surface area contributed by atoms with Gasteiger partial charge < -0.3 is 24.2 Å².